The second kappa shape index (κ2) is 4.10. The second-order valence-corrected chi connectivity index (χ2v) is 6.48. The van der Waals surface area contributed by atoms with E-state index in [1.54, 1.807) is 0 Å². The van der Waals surface area contributed by atoms with Gasteiger partial charge in [-0.05, 0) is 48.9 Å². The first kappa shape index (κ1) is 11.1. The van der Waals surface area contributed by atoms with Crippen LogP contribution in [0.25, 0.3) is 10.9 Å². The zero-order valence-electron chi connectivity index (χ0n) is 10.4. The van der Waals surface area contributed by atoms with E-state index in [4.69, 9.17) is 0 Å². The quantitative estimate of drug-likeness (QED) is 0.917. The lowest BCUT2D eigenvalue weighted by Gasteiger charge is -2.15. The lowest BCUT2D eigenvalue weighted by molar-refractivity contribution is 0.630. The highest BCUT2D eigenvalue weighted by Crippen LogP contribution is 2.33. The fourth-order valence-corrected chi connectivity index (χ4v) is 3.56. The number of benzene rings is 1. The van der Waals surface area contributed by atoms with E-state index in [1.807, 2.05) is 0 Å². The second-order valence-electron chi connectivity index (χ2n) is 5.57. The summed E-state index contributed by atoms with van der Waals surface area (Å²) >= 11 is 3.65. The molecular formula is C15H17BrN2. The monoisotopic (exact) mass is 304 g/mol. The molecule has 1 aliphatic heterocycles. The van der Waals surface area contributed by atoms with Crippen LogP contribution in [0.2, 0.25) is 0 Å². The van der Waals surface area contributed by atoms with Crippen LogP contribution in [0.1, 0.15) is 30.4 Å². The number of nitrogens with zero attached hydrogens (tertiary/aromatic N) is 1. The first-order chi connectivity index (χ1) is 8.81. The van der Waals surface area contributed by atoms with Gasteiger partial charge in [-0.2, -0.15) is 0 Å². The number of aromatic nitrogens is 1. The molecular weight excluding hydrogens is 288 g/mol. The Morgan fingerprint density at radius 2 is 2.22 bits per heavy atom. The molecule has 2 aromatic rings. The summed E-state index contributed by atoms with van der Waals surface area (Å²) in [5.41, 5.74) is 4.43. The van der Waals surface area contributed by atoms with Gasteiger partial charge in [0.2, 0.25) is 0 Å². The van der Waals surface area contributed by atoms with Crippen LogP contribution in [-0.2, 0) is 19.5 Å². The van der Waals surface area contributed by atoms with Gasteiger partial charge in [0.05, 0.1) is 5.52 Å². The van der Waals surface area contributed by atoms with E-state index in [2.05, 4.69) is 44.1 Å². The van der Waals surface area contributed by atoms with E-state index in [0.29, 0.717) is 0 Å². The van der Waals surface area contributed by atoms with Crippen molar-refractivity contribution < 1.29 is 0 Å². The normalized spacial score (nSPS) is 18.5. The molecule has 3 heteroatoms. The molecule has 1 fully saturated rings. The summed E-state index contributed by atoms with van der Waals surface area (Å²) in [6.07, 6.45) is 7.55. The van der Waals surface area contributed by atoms with Gasteiger partial charge in [-0.3, -0.25) is 0 Å². The lowest BCUT2D eigenvalue weighted by Crippen LogP contribution is -2.14. The summed E-state index contributed by atoms with van der Waals surface area (Å²) in [4.78, 5) is 0. The molecule has 2 nitrogen and oxygen atoms in total. The molecule has 2 heterocycles. The number of nitrogens with one attached hydrogen (secondary N) is 1. The molecule has 0 unspecified atom stereocenters. The van der Waals surface area contributed by atoms with Crippen molar-refractivity contribution in [3.8, 4) is 0 Å². The number of hydrogen-bond donors (Lipinski definition) is 1. The molecule has 0 spiro atoms. The van der Waals surface area contributed by atoms with E-state index < -0.39 is 0 Å². The summed E-state index contributed by atoms with van der Waals surface area (Å²) < 4.78 is 3.67. The maximum Gasteiger partial charge on any atom is 0.0516 e. The van der Waals surface area contributed by atoms with Crippen molar-refractivity contribution >= 4 is 26.8 Å². The minimum atomic E-state index is 0.778. The summed E-state index contributed by atoms with van der Waals surface area (Å²) in [6.45, 7) is 2.19. The van der Waals surface area contributed by atoms with Gasteiger partial charge in [0, 0.05) is 35.2 Å². The fourth-order valence-electron chi connectivity index (χ4n) is 3.05. The lowest BCUT2D eigenvalue weighted by atomic mass is 10.0. The third-order valence-corrected chi connectivity index (χ3v) is 4.56. The molecule has 0 radical (unpaired) electrons. The zero-order chi connectivity index (χ0) is 12.1. The standard InChI is InChI=1S/C15H17BrN2/c16-12-6-10-2-1-5-18-9-11(8-17-13-3-4-13)14(7-12)15(10)18/h6-7,9,13,17H,1-5,8H2. The topological polar surface area (TPSA) is 17.0 Å². The van der Waals surface area contributed by atoms with Gasteiger partial charge in [0.15, 0.2) is 0 Å². The number of halogens is 1. The highest BCUT2D eigenvalue weighted by molar-refractivity contribution is 9.10. The zero-order valence-corrected chi connectivity index (χ0v) is 12.0. The third kappa shape index (κ3) is 1.81. The highest BCUT2D eigenvalue weighted by Gasteiger charge is 2.22. The Labute approximate surface area is 115 Å². The molecule has 0 atom stereocenters. The van der Waals surface area contributed by atoms with Crippen LogP contribution in [-0.4, -0.2) is 10.6 Å². The van der Waals surface area contributed by atoms with E-state index in [9.17, 15) is 0 Å². The van der Waals surface area contributed by atoms with E-state index in [-0.39, 0.29) is 0 Å². The average molecular weight is 305 g/mol. The van der Waals surface area contributed by atoms with Crippen molar-refractivity contribution in [3.63, 3.8) is 0 Å². The minimum absolute atomic E-state index is 0.778. The Morgan fingerprint density at radius 3 is 3.06 bits per heavy atom. The average Bonchev–Trinajstić information content (AvgIpc) is 3.12. The van der Waals surface area contributed by atoms with Gasteiger partial charge < -0.3 is 9.88 Å². The van der Waals surface area contributed by atoms with Crippen LogP contribution in [0.4, 0.5) is 0 Å². The molecule has 1 aliphatic carbocycles. The molecule has 1 N–H and O–H groups in total. The highest BCUT2D eigenvalue weighted by atomic mass is 79.9. The largest absolute Gasteiger partial charge is 0.347 e. The van der Waals surface area contributed by atoms with Crippen LogP contribution in [0.5, 0.6) is 0 Å². The number of rotatable bonds is 3. The summed E-state index contributed by atoms with van der Waals surface area (Å²) in [7, 11) is 0. The summed E-state index contributed by atoms with van der Waals surface area (Å²) in [6, 6.07) is 5.35. The van der Waals surface area contributed by atoms with Crippen molar-refractivity contribution in [3.05, 3.63) is 33.9 Å². The molecule has 0 bridgehead atoms. The Hall–Kier alpha value is -0.800. The first-order valence-electron chi connectivity index (χ1n) is 6.85. The molecule has 1 aromatic heterocycles. The molecule has 1 saturated carbocycles. The van der Waals surface area contributed by atoms with Gasteiger partial charge in [0.1, 0.15) is 0 Å². The van der Waals surface area contributed by atoms with Crippen LogP contribution in [0.3, 0.4) is 0 Å². The first-order valence-corrected chi connectivity index (χ1v) is 7.64. The van der Waals surface area contributed by atoms with Crippen LogP contribution in [0.15, 0.2) is 22.8 Å². The Morgan fingerprint density at radius 1 is 1.33 bits per heavy atom. The van der Waals surface area contributed by atoms with Gasteiger partial charge in [-0.1, -0.05) is 15.9 Å². The van der Waals surface area contributed by atoms with E-state index >= 15 is 0 Å². The van der Waals surface area contributed by atoms with Gasteiger partial charge in [-0.15, -0.1) is 0 Å². The van der Waals surface area contributed by atoms with E-state index in [1.165, 1.54) is 58.7 Å². The molecule has 1 aromatic carbocycles. The van der Waals surface area contributed by atoms with Gasteiger partial charge in [-0.25, -0.2) is 0 Å². The summed E-state index contributed by atoms with van der Waals surface area (Å²) in [5, 5.41) is 5.07. The van der Waals surface area contributed by atoms with Crippen molar-refractivity contribution in [1.29, 1.82) is 0 Å². The molecule has 94 valence electrons. The maximum atomic E-state index is 3.65. The molecule has 18 heavy (non-hydrogen) atoms. The fraction of sp³-hybridized carbons (Fsp3) is 0.467. The van der Waals surface area contributed by atoms with Crippen molar-refractivity contribution in [2.24, 2.45) is 0 Å². The van der Waals surface area contributed by atoms with Crippen molar-refractivity contribution in [2.45, 2.75) is 44.8 Å². The smallest absolute Gasteiger partial charge is 0.0516 e. The predicted octanol–water partition coefficient (Wildman–Crippen LogP) is 3.60. The van der Waals surface area contributed by atoms with Crippen molar-refractivity contribution in [2.75, 3.05) is 0 Å². The maximum absolute atomic E-state index is 3.65. The molecule has 4 rings (SSSR count). The minimum Gasteiger partial charge on any atom is -0.347 e. The van der Waals surface area contributed by atoms with Gasteiger partial charge in [0.25, 0.3) is 0 Å². The summed E-state index contributed by atoms with van der Waals surface area (Å²) in [5.74, 6) is 0. The molecule has 0 saturated heterocycles. The van der Waals surface area contributed by atoms with Gasteiger partial charge >= 0.3 is 0 Å². The SMILES string of the molecule is Brc1cc2c3c(c1)c(CNC1CC1)cn3CCC2. The van der Waals surface area contributed by atoms with Crippen molar-refractivity contribution in [1.82, 2.24) is 9.88 Å². The Kier molecular flexibility index (Phi) is 2.52. The van der Waals surface area contributed by atoms with Crippen LogP contribution in [0, 0.1) is 0 Å². The number of aryl methyl sites for hydroxylation is 2. The van der Waals surface area contributed by atoms with Crippen LogP contribution < -0.4 is 5.32 Å². The molecule has 2 aliphatic rings. The predicted molar refractivity (Wildman–Crippen MR) is 77.8 cm³/mol. The van der Waals surface area contributed by atoms with Crippen LogP contribution >= 0.6 is 15.9 Å². The number of hydrogen-bond acceptors (Lipinski definition) is 1. The molecule has 0 amide bonds. The third-order valence-electron chi connectivity index (χ3n) is 4.10. The van der Waals surface area contributed by atoms with E-state index in [0.717, 1.165) is 12.6 Å². The Balaban J connectivity index is 1.82. The Bertz CT molecular complexity index is 610.